The Morgan fingerprint density at radius 2 is 2.15 bits per heavy atom. The van der Waals surface area contributed by atoms with Crippen LogP contribution in [-0.4, -0.2) is 25.8 Å². The van der Waals surface area contributed by atoms with Crippen molar-refractivity contribution in [3.05, 3.63) is 16.5 Å². The van der Waals surface area contributed by atoms with E-state index < -0.39 is 10.0 Å². The molecule has 1 fully saturated rings. The van der Waals surface area contributed by atoms with Gasteiger partial charge in [0.2, 0.25) is 0 Å². The SMILES string of the molecule is Cc1cc(S(=O)(=O)N(C)C2CCCC(C)C2)sc1CCl. The van der Waals surface area contributed by atoms with Crippen LogP contribution in [0.1, 0.15) is 43.0 Å². The second-order valence-corrected chi connectivity index (χ2v) is 9.38. The van der Waals surface area contributed by atoms with Gasteiger partial charge < -0.3 is 0 Å². The molecule has 1 saturated carbocycles. The molecule has 114 valence electrons. The molecular formula is C14H22ClNO2S2. The molecule has 20 heavy (non-hydrogen) atoms. The number of rotatable bonds is 4. The van der Waals surface area contributed by atoms with Gasteiger partial charge in [0.25, 0.3) is 10.0 Å². The number of nitrogens with zero attached hydrogens (tertiary/aromatic N) is 1. The molecule has 6 heteroatoms. The van der Waals surface area contributed by atoms with Crippen LogP contribution in [0.2, 0.25) is 0 Å². The fourth-order valence-corrected chi connectivity index (χ4v) is 6.22. The lowest BCUT2D eigenvalue weighted by Gasteiger charge is -2.33. The van der Waals surface area contributed by atoms with E-state index in [0.29, 0.717) is 16.0 Å². The zero-order valence-electron chi connectivity index (χ0n) is 12.2. The summed E-state index contributed by atoms with van der Waals surface area (Å²) >= 11 is 7.14. The van der Waals surface area contributed by atoms with Crippen molar-refractivity contribution in [2.45, 2.75) is 55.7 Å². The summed E-state index contributed by atoms with van der Waals surface area (Å²) in [6, 6.07) is 1.88. The molecule has 2 rings (SSSR count). The van der Waals surface area contributed by atoms with Crippen molar-refractivity contribution >= 4 is 33.0 Å². The van der Waals surface area contributed by atoms with E-state index in [0.717, 1.165) is 29.7 Å². The average molecular weight is 336 g/mol. The summed E-state index contributed by atoms with van der Waals surface area (Å²) in [4.78, 5) is 0.940. The van der Waals surface area contributed by atoms with Gasteiger partial charge in [-0.15, -0.1) is 22.9 Å². The predicted molar refractivity (Wildman–Crippen MR) is 85.0 cm³/mol. The Kier molecular flexibility index (Phi) is 5.16. The van der Waals surface area contributed by atoms with Crippen molar-refractivity contribution in [1.29, 1.82) is 0 Å². The van der Waals surface area contributed by atoms with Gasteiger partial charge in [0.1, 0.15) is 4.21 Å². The summed E-state index contributed by atoms with van der Waals surface area (Å²) < 4.78 is 27.4. The van der Waals surface area contributed by atoms with E-state index in [-0.39, 0.29) is 6.04 Å². The van der Waals surface area contributed by atoms with E-state index in [9.17, 15) is 8.42 Å². The molecule has 0 saturated heterocycles. The van der Waals surface area contributed by atoms with Crippen molar-refractivity contribution in [1.82, 2.24) is 4.31 Å². The predicted octanol–water partition coefficient (Wildman–Crippen LogP) is 3.99. The van der Waals surface area contributed by atoms with Crippen LogP contribution >= 0.6 is 22.9 Å². The van der Waals surface area contributed by atoms with E-state index in [2.05, 4.69) is 6.92 Å². The van der Waals surface area contributed by atoms with Crippen LogP contribution in [-0.2, 0) is 15.9 Å². The van der Waals surface area contributed by atoms with Crippen LogP contribution in [0.3, 0.4) is 0 Å². The third-order valence-corrected chi connectivity index (χ3v) is 8.20. The lowest BCUT2D eigenvalue weighted by atomic mass is 9.87. The Bertz CT molecular complexity index is 568. The minimum absolute atomic E-state index is 0.130. The summed E-state index contributed by atoms with van der Waals surface area (Å²) in [7, 11) is -1.66. The summed E-state index contributed by atoms with van der Waals surface area (Å²) in [6.45, 7) is 4.11. The minimum atomic E-state index is -3.38. The van der Waals surface area contributed by atoms with E-state index >= 15 is 0 Å². The summed E-state index contributed by atoms with van der Waals surface area (Å²) in [6.07, 6.45) is 4.25. The third-order valence-electron chi connectivity index (χ3n) is 4.18. The zero-order chi connectivity index (χ0) is 14.9. The average Bonchev–Trinajstić information content (AvgIpc) is 2.79. The van der Waals surface area contributed by atoms with E-state index in [4.69, 9.17) is 11.6 Å². The van der Waals surface area contributed by atoms with Crippen molar-refractivity contribution < 1.29 is 8.42 Å². The second kappa shape index (κ2) is 6.34. The number of sulfonamides is 1. The first kappa shape index (κ1) is 16.3. The highest BCUT2D eigenvalue weighted by atomic mass is 35.5. The molecule has 1 aromatic heterocycles. The Balaban J connectivity index is 2.24. The van der Waals surface area contributed by atoms with Gasteiger partial charge in [-0.25, -0.2) is 8.42 Å². The van der Waals surface area contributed by atoms with Crippen molar-refractivity contribution in [2.24, 2.45) is 5.92 Å². The molecule has 1 aromatic rings. The largest absolute Gasteiger partial charge is 0.252 e. The molecule has 0 aromatic carbocycles. The molecule has 2 atom stereocenters. The molecule has 0 radical (unpaired) electrons. The van der Waals surface area contributed by atoms with Gasteiger partial charge in [0.05, 0.1) is 5.88 Å². The van der Waals surface area contributed by atoms with E-state index in [1.165, 1.54) is 17.8 Å². The molecule has 1 heterocycles. The Morgan fingerprint density at radius 3 is 2.70 bits per heavy atom. The van der Waals surface area contributed by atoms with Crippen molar-refractivity contribution in [3.8, 4) is 0 Å². The molecule has 0 bridgehead atoms. The molecule has 1 aliphatic carbocycles. The quantitative estimate of drug-likeness (QED) is 0.780. The topological polar surface area (TPSA) is 37.4 Å². The number of hydrogen-bond acceptors (Lipinski definition) is 3. The summed E-state index contributed by atoms with van der Waals surface area (Å²) in [5.74, 6) is 0.978. The van der Waals surface area contributed by atoms with Crippen LogP contribution < -0.4 is 0 Å². The number of thiophene rings is 1. The Hall–Kier alpha value is -0.100. The lowest BCUT2D eigenvalue weighted by molar-refractivity contribution is 0.239. The molecule has 0 N–H and O–H groups in total. The fourth-order valence-electron chi connectivity index (χ4n) is 2.82. The van der Waals surface area contributed by atoms with E-state index in [1.807, 2.05) is 6.92 Å². The molecule has 1 aliphatic rings. The first-order chi connectivity index (χ1) is 9.36. The number of halogens is 1. The summed E-state index contributed by atoms with van der Waals surface area (Å²) in [5, 5.41) is 0. The van der Waals surface area contributed by atoms with E-state index in [1.54, 1.807) is 17.4 Å². The van der Waals surface area contributed by atoms with Gasteiger partial charge in [-0.05, 0) is 37.3 Å². The number of hydrogen-bond donors (Lipinski definition) is 0. The maximum Gasteiger partial charge on any atom is 0.252 e. The normalized spacial score (nSPS) is 24.2. The van der Waals surface area contributed by atoms with Crippen molar-refractivity contribution in [2.75, 3.05) is 7.05 Å². The maximum absolute atomic E-state index is 12.7. The minimum Gasteiger partial charge on any atom is -0.206 e. The highest BCUT2D eigenvalue weighted by Gasteiger charge is 2.32. The van der Waals surface area contributed by atoms with Crippen LogP contribution in [0.25, 0.3) is 0 Å². The smallest absolute Gasteiger partial charge is 0.206 e. The Morgan fingerprint density at radius 1 is 1.45 bits per heavy atom. The molecule has 2 unspecified atom stereocenters. The Labute approximate surface area is 131 Å². The number of aryl methyl sites for hydroxylation is 1. The third kappa shape index (κ3) is 3.21. The number of alkyl halides is 1. The maximum atomic E-state index is 12.7. The standard InChI is InChI=1S/C14H22ClNO2S2/c1-10-5-4-6-12(7-10)16(3)20(17,18)14-8-11(2)13(9-15)19-14/h8,10,12H,4-7,9H2,1-3H3. The van der Waals surface area contributed by atoms with Crippen LogP contribution in [0.5, 0.6) is 0 Å². The second-order valence-electron chi connectivity index (χ2n) is 5.75. The zero-order valence-corrected chi connectivity index (χ0v) is 14.6. The highest BCUT2D eigenvalue weighted by molar-refractivity contribution is 7.91. The van der Waals surface area contributed by atoms with Gasteiger partial charge in [-0.1, -0.05) is 19.8 Å². The van der Waals surface area contributed by atoms with Gasteiger partial charge >= 0.3 is 0 Å². The monoisotopic (exact) mass is 335 g/mol. The molecule has 0 spiro atoms. The molecule has 0 amide bonds. The molecule has 3 nitrogen and oxygen atoms in total. The van der Waals surface area contributed by atoms with Gasteiger partial charge in [0.15, 0.2) is 0 Å². The molecular weight excluding hydrogens is 314 g/mol. The van der Waals surface area contributed by atoms with Crippen LogP contribution in [0.4, 0.5) is 0 Å². The first-order valence-corrected chi connectivity index (χ1v) is 9.78. The van der Waals surface area contributed by atoms with Crippen LogP contribution in [0, 0.1) is 12.8 Å². The fraction of sp³-hybridized carbons (Fsp3) is 0.714. The van der Waals surface area contributed by atoms with Gasteiger partial charge in [-0.3, -0.25) is 0 Å². The molecule has 0 aliphatic heterocycles. The van der Waals surface area contributed by atoms with Gasteiger partial charge in [0, 0.05) is 18.0 Å². The summed E-state index contributed by atoms with van der Waals surface area (Å²) in [5.41, 5.74) is 0.967. The highest BCUT2D eigenvalue weighted by Crippen LogP contribution is 2.33. The van der Waals surface area contributed by atoms with Gasteiger partial charge in [-0.2, -0.15) is 4.31 Å². The lowest BCUT2D eigenvalue weighted by Crippen LogP contribution is -2.39. The first-order valence-electron chi connectivity index (χ1n) is 6.99. The van der Waals surface area contributed by atoms with Crippen molar-refractivity contribution in [3.63, 3.8) is 0 Å². The van der Waals surface area contributed by atoms with Crippen LogP contribution in [0.15, 0.2) is 10.3 Å².